The van der Waals surface area contributed by atoms with E-state index in [9.17, 15) is 9.18 Å². The van der Waals surface area contributed by atoms with Crippen molar-refractivity contribution in [3.63, 3.8) is 0 Å². The van der Waals surface area contributed by atoms with Gasteiger partial charge in [-0.2, -0.15) is 0 Å². The van der Waals surface area contributed by atoms with Crippen molar-refractivity contribution in [1.82, 2.24) is 9.88 Å². The maximum atomic E-state index is 13.3. The van der Waals surface area contributed by atoms with E-state index in [2.05, 4.69) is 15.2 Å². The number of anilines is 1. The first-order valence-corrected chi connectivity index (χ1v) is 10.5. The van der Waals surface area contributed by atoms with Gasteiger partial charge in [0, 0.05) is 28.5 Å². The molecule has 2 N–H and O–H groups in total. The Hall–Kier alpha value is -2.31. The molecule has 4 nitrogen and oxygen atoms in total. The predicted octanol–water partition coefficient (Wildman–Crippen LogP) is 6.09. The van der Waals surface area contributed by atoms with E-state index in [0.29, 0.717) is 5.69 Å². The molecule has 1 aliphatic rings. The fourth-order valence-electron chi connectivity index (χ4n) is 3.69. The van der Waals surface area contributed by atoms with Gasteiger partial charge >= 0.3 is 6.03 Å². The van der Waals surface area contributed by atoms with E-state index in [1.54, 1.807) is 0 Å². The van der Waals surface area contributed by atoms with Gasteiger partial charge in [0.1, 0.15) is 10.8 Å². The third-order valence-corrected chi connectivity index (χ3v) is 6.60. The number of urea groups is 1. The van der Waals surface area contributed by atoms with Gasteiger partial charge in [0.05, 0.1) is 11.1 Å². The van der Waals surface area contributed by atoms with Crippen molar-refractivity contribution in [2.24, 2.45) is 0 Å². The van der Waals surface area contributed by atoms with Crippen molar-refractivity contribution in [2.75, 3.05) is 5.32 Å². The van der Waals surface area contributed by atoms with Crippen molar-refractivity contribution in [2.45, 2.75) is 38.6 Å². The molecule has 2 heterocycles. The number of aromatic nitrogens is 1. The summed E-state index contributed by atoms with van der Waals surface area (Å²) in [7, 11) is 0. The van der Waals surface area contributed by atoms with Crippen molar-refractivity contribution in [3.05, 3.63) is 69.6 Å². The summed E-state index contributed by atoms with van der Waals surface area (Å²) in [5.41, 5.74) is 3.01. The number of hydrogen-bond acceptors (Lipinski definition) is 2. The average Bonchev–Trinajstić information content (AvgIpc) is 3.31. The van der Waals surface area contributed by atoms with Gasteiger partial charge in [-0.25, -0.2) is 9.18 Å². The molecule has 2 amide bonds. The molecule has 7 heteroatoms. The normalized spacial score (nSPS) is 14.4. The first-order valence-electron chi connectivity index (χ1n) is 9.33. The van der Waals surface area contributed by atoms with E-state index < -0.39 is 5.82 Å². The highest BCUT2D eigenvalue weighted by Gasteiger charge is 2.26. The maximum absolute atomic E-state index is 13.3. The van der Waals surface area contributed by atoms with E-state index in [1.165, 1.54) is 47.0 Å². The standard InChI is InChI=1S/C21H21ClFN3OS/c1-13(24-21(27)25-14-8-9-17(23)16(22)12-14)19-15-6-2-3-7-18(15)28-20(19)26-10-4-5-11-26/h4-5,8-13H,2-3,6-7H2,1H3,(H2,24,25,27)/t13-/m1/s1. The fraction of sp³-hybridized carbons (Fsp3) is 0.286. The Labute approximate surface area is 172 Å². The van der Waals surface area contributed by atoms with Crippen molar-refractivity contribution in [3.8, 4) is 5.00 Å². The Bertz CT molecular complexity index is 1000. The average molecular weight is 418 g/mol. The van der Waals surface area contributed by atoms with Crippen LogP contribution in [0.2, 0.25) is 5.02 Å². The third kappa shape index (κ3) is 3.80. The highest BCUT2D eigenvalue weighted by Crippen LogP contribution is 2.40. The van der Waals surface area contributed by atoms with Crippen LogP contribution in [-0.2, 0) is 12.8 Å². The van der Waals surface area contributed by atoms with Gasteiger partial charge in [-0.1, -0.05) is 11.6 Å². The summed E-state index contributed by atoms with van der Waals surface area (Å²) in [6, 6.07) is 7.63. The molecule has 1 aliphatic carbocycles. The minimum absolute atomic E-state index is 0.0207. The molecule has 1 atom stereocenters. The van der Waals surface area contributed by atoms with Crippen molar-refractivity contribution in [1.29, 1.82) is 0 Å². The number of fused-ring (bicyclic) bond motifs is 1. The predicted molar refractivity (Wildman–Crippen MR) is 112 cm³/mol. The molecule has 4 rings (SSSR count). The van der Waals surface area contributed by atoms with E-state index in [4.69, 9.17) is 11.6 Å². The number of rotatable bonds is 4. The Morgan fingerprint density at radius 1 is 1.25 bits per heavy atom. The van der Waals surface area contributed by atoms with Gasteiger partial charge in [0.15, 0.2) is 0 Å². The van der Waals surface area contributed by atoms with Gasteiger partial charge < -0.3 is 15.2 Å². The summed E-state index contributed by atoms with van der Waals surface area (Å²) < 4.78 is 15.4. The lowest BCUT2D eigenvalue weighted by Crippen LogP contribution is -2.32. The van der Waals surface area contributed by atoms with Gasteiger partial charge in [-0.15, -0.1) is 11.3 Å². The van der Waals surface area contributed by atoms with Crippen LogP contribution in [0.3, 0.4) is 0 Å². The zero-order valence-corrected chi connectivity index (χ0v) is 17.0. The highest BCUT2D eigenvalue weighted by atomic mass is 35.5. The van der Waals surface area contributed by atoms with Crippen LogP contribution in [0.25, 0.3) is 5.00 Å². The second kappa shape index (κ2) is 7.97. The molecule has 1 aromatic carbocycles. The monoisotopic (exact) mass is 417 g/mol. The number of halogens is 2. The smallest absolute Gasteiger partial charge is 0.319 e. The quantitative estimate of drug-likeness (QED) is 0.529. The largest absolute Gasteiger partial charge is 0.331 e. The van der Waals surface area contributed by atoms with E-state index in [0.717, 1.165) is 17.8 Å². The van der Waals surface area contributed by atoms with Gasteiger partial charge in [-0.05, 0) is 68.5 Å². The summed E-state index contributed by atoms with van der Waals surface area (Å²) in [6.45, 7) is 2.00. The number of thiophene rings is 1. The van der Waals surface area contributed by atoms with Crippen LogP contribution in [0.4, 0.5) is 14.9 Å². The first kappa shape index (κ1) is 19.0. The zero-order chi connectivity index (χ0) is 19.7. The zero-order valence-electron chi connectivity index (χ0n) is 15.5. The molecule has 0 radical (unpaired) electrons. The topological polar surface area (TPSA) is 46.1 Å². The molecule has 2 aromatic heterocycles. The number of amides is 2. The van der Waals surface area contributed by atoms with Crippen LogP contribution in [-0.4, -0.2) is 10.6 Å². The molecule has 3 aromatic rings. The maximum Gasteiger partial charge on any atom is 0.319 e. The van der Waals surface area contributed by atoms with Gasteiger partial charge in [0.2, 0.25) is 0 Å². The van der Waals surface area contributed by atoms with E-state index in [-0.39, 0.29) is 17.1 Å². The van der Waals surface area contributed by atoms with Gasteiger partial charge in [0.25, 0.3) is 0 Å². The van der Waals surface area contributed by atoms with Crippen LogP contribution in [0.5, 0.6) is 0 Å². The lowest BCUT2D eigenvalue weighted by Gasteiger charge is -2.20. The SMILES string of the molecule is C[C@@H](NC(=O)Nc1ccc(F)c(Cl)c1)c1c(-n2cccc2)sc2c1CCCC2. The molecular weight excluding hydrogens is 397 g/mol. The molecule has 0 saturated carbocycles. The summed E-state index contributed by atoms with van der Waals surface area (Å²) in [5, 5.41) is 6.90. The molecule has 0 unspecified atom stereocenters. The summed E-state index contributed by atoms with van der Waals surface area (Å²) in [5.74, 6) is -0.512. The Morgan fingerprint density at radius 3 is 2.75 bits per heavy atom. The number of aryl methyl sites for hydroxylation is 1. The third-order valence-electron chi connectivity index (χ3n) is 4.99. The summed E-state index contributed by atoms with van der Waals surface area (Å²) >= 11 is 7.61. The molecule has 146 valence electrons. The van der Waals surface area contributed by atoms with Crippen LogP contribution < -0.4 is 10.6 Å². The van der Waals surface area contributed by atoms with Crippen LogP contribution >= 0.6 is 22.9 Å². The lowest BCUT2D eigenvalue weighted by molar-refractivity contribution is 0.249. The molecule has 0 bridgehead atoms. The fourth-order valence-corrected chi connectivity index (χ4v) is 5.33. The number of benzene rings is 1. The Kier molecular flexibility index (Phi) is 5.42. The molecule has 0 aliphatic heterocycles. The molecule has 28 heavy (non-hydrogen) atoms. The van der Waals surface area contributed by atoms with Crippen LogP contribution in [0, 0.1) is 5.82 Å². The number of nitrogens with zero attached hydrogens (tertiary/aromatic N) is 1. The second-order valence-corrected chi connectivity index (χ2v) is 8.46. The van der Waals surface area contributed by atoms with E-state index in [1.807, 2.05) is 42.8 Å². The Balaban J connectivity index is 1.57. The van der Waals surface area contributed by atoms with Crippen LogP contribution in [0.1, 0.15) is 41.8 Å². The lowest BCUT2D eigenvalue weighted by atomic mass is 9.93. The second-order valence-electron chi connectivity index (χ2n) is 6.97. The minimum Gasteiger partial charge on any atom is -0.331 e. The molecule has 0 saturated heterocycles. The molecule has 0 fully saturated rings. The molecular formula is C21H21ClFN3OS. The highest BCUT2D eigenvalue weighted by molar-refractivity contribution is 7.15. The molecule has 0 spiro atoms. The van der Waals surface area contributed by atoms with Crippen molar-refractivity contribution >= 4 is 34.7 Å². The first-order chi connectivity index (χ1) is 13.5. The van der Waals surface area contributed by atoms with Gasteiger partial charge in [-0.3, -0.25) is 0 Å². The Morgan fingerprint density at radius 2 is 2.00 bits per heavy atom. The van der Waals surface area contributed by atoms with Crippen LogP contribution in [0.15, 0.2) is 42.7 Å². The van der Waals surface area contributed by atoms with Crippen molar-refractivity contribution < 1.29 is 9.18 Å². The van der Waals surface area contributed by atoms with E-state index >= 15 is 0 Å². The number of carbonyl (C=O) groups excluding carboxylic acids is 1. The minimum atomic E-state index is -0.512. The number of nitrogens with one attached hydrogen (secondary N) is 2. The summed E-state index contributed by atoms with van der Waals surface area (Å²) in [4.78, 5) is 13.9. The number of hydrogen-bond donors (Lipinski definition) is 2. The summed E-state index contributed by atoms with van der Waals surface area (Å²) in [6.07, 6.45) is 8.60. The number of carbonyl (C=O) groups is 1.